The zero-order valence-electron chi connectivity index (χ0n) is 6.63. The summed E-state index contributed by atoms with van der Waals surface area (Å²) in [4.78, 5) is 12.1. The first-order chi connectivity index (χ1) is 6.20. The molecule has 0 spiro atoms. The number of benzene rings is 1. The van der Waals surface area contributed by atoms with E-state index >= 15 is 0 Å². The fourth-order valence-electron chi connectivity index (χ4n) is 0.995. The normalized spacial score (nSPS) is 9.08. The molecule has 0 aliphatic carbocycles. The van der Waals surface area contributed by atoms with E-state index in [-0.39, 0.29) is 0 Å². The van der Waals surface area contributed by atoms with Crippen molar-refractivity contribution < 1.29 is 4.79 Å². The van der Waals surface area contributed by atoms with Crippen molar-refractivity contribution in [2.75, 3.05) is 0 Å². The summed E-state index contributed by atoms with van der Waals surface area (Å²) in [6.45, 7) is 0. The highest BCUT2D eigenvalue weighted by atomic mass is 35.5. The molecule has 1 aromatic heterocycles. The second kappa shape index (κ2) is 4.90. The summed E-state index contributed by atoms with van der Waals surface area (Å²) in [5.74, 6) is 0. The van der Waals surface area contributed by atoms with Crippen LogP contribution in [0.4, 0.5) is 4.79 Å². The van der Waals surface area contributed by atoms with Crippen molar-refractivity contribution in [1.29, 1.82) is 0 Å². The van der Waals surface area contributed by atoms with E-state index in [1.54, 1.807) is 0 Å². The van der Waals surface area contributed by atoms with E-state index in [9.17, 15) is 0 Å². The van der Waals surface area contributed by atoms with Crippen LogP contribution >= 0.6 is 23.2 Å². The predicted octanol–water partition coefficient (Wildman–Crippen LogP) is 3.75. The Bertz CT molecular complexity index is 363. The molecule has 2 aromatic rings. The maximum absolute atomic E-state index is 8.98. The Morgan fingerprint density at radius 1 is 1.15 bits per heavy atom. The highest BCUT2D eigenvalue weighted by Gasteiger charge is 1.86. The number of rotatable bonds is 0. The number of hydrogen-bond donors (Lipinski definition) is 1. The molecule has 0 fully saturated rings. The number of hydrogen-bond acceptors (Lipinski definition) is 1. The molecule has 0 saturated heterocycles. The van der Waals surface area contributed by atoms with Crippen molar-refractivity contribution >= 4 is 38.8 Å². The van der Waals surface area contributed by atoms with Crippen molar-refractivity contribution in [1.82, 2.24) is 4.98 Å². The minimum atomic E-state index is -0.889. The van der Waals surface area contributed by atoms with Crippen LogP contribution in [0.3, 0.4) is 0 Å². The molecular formula is C9H7Cl2NO. The summed E-state index contributed by atoms with van der Waals surface area (Å²) < 4.78 is -0.889. The van der Waals surface area contributed by atoms with Crippen molar-refractivity contribution in [3.8, 4) is 0 Å². The van der Waals surface area contributed by atoms with Gasteiger partial charge in [0.25, 0.3) is 0 Å². The molecule has 1 heterocycles. The molecule has 0 atom stereocenters. The lowest BCUT2D eigenvalue weighted by Gasteiger charge is -1.83. The van der Waals surface area contributed by atoms with Gasteiger partial charge in [-0.25, -0.2) is 0 Å². The molecule has 0 bridgehead atoms. The molecule has 0 aliphatic heterocycles. The van der Waals surface area contributed by atoms with E-state index in [1.165, 1.54) is 10.9 Å². The minimum Gasteiger partial charge on any atom is -0.361 e. The van der Waals surface area contributed by atoms with Gasteiger partial charge in [-0.2, -0.15) is 0 Å². The molecule has 0 saturated carbocycles. The summed E-state index contributed by atoms with van der Waals surface area (Å²) in [7, 11) is 0. The summed E-state index contributed by atoms with van der Waals surface area (Å²) in [6.07, 6.45) is 1.95. The molecule has 0 unspecified atom stereocenters. The molecule has 0 amide bonds. The Kier molecular flexibility index (Phi) is 3.80. The molecule has 0 aliphatic rings. The van der Waals surface area contributed by atoms with E-state index < -0.39 is 4.70 Å². The Labute approximate surface area is 85.5 Å². The average Bonchev–Trinajstić information content (AvgIpc) is 2.49. The number of aromatic amines is 1. The number of nitrogens with one attached hydrogen (secondary N) is 1. The molecule has 0 radical (unpaired) electrons. The van der Waals surface area contributed by atoms with Crippen molar-refractivity contribution in [2.45, 2.75) is 0 Å². The zero-order chi connectivity index (χ0) is 9.68. The van der Waals surface area contributed by atoms with Gasteiger partial charge in [-0.3, -0.25) is 4.79 Å². The number of para-hydroxylation sites is 1. The van der Waals surface area contributed by atoms with Crippen LogP contribution in [-0.4, -0.2) is 9.69 Å². The second-order valence-corrected chi connectivity index (χ2v) is 3.17. The fraction of sp³-hybridized carbons (Fsp3) is 0. The number of carbonyl (C=O) groups excluding carboxylic acids is 1. The van der Waals surface area contributed by atoms with Gasteiger partial charge in [-0.05, 0) is 40.7 Å². The fourth-order valence-corrected chi connectivity index (χ4v) is 0.995. The smallest absolute Gasteiger partial charge is 0.313 e. The van der Waals surface area contributed by atoms with Crippen LogP contribution in [0, 0.1) is 0 Å². The third kappa shape index (κ3) is 3.49. The van der Waals surface area contributed by atoms with Gasteiger partial charge in [0.1, 0.15) is 0 Å². The highest BCUT2D eigenvalue weighted by Crippen LogP contribution is 2.09. The maximum atomic E-state index is 8.98. The molecular weight excluding hydrogens is 209 g/mol. The SMILES string of the molecule is O=C(Cl)Cl.c1ccc2[nH]ccc2c1. The van der Waals surface area contributed by atoms with Crippen LogP contribution in [0.25, 0.3) is 10.9 Å². The van der Waals surface area contributed by atoms with Crippen LogP contribution in [-0.2, 0) is 0 Å². The Morgan fingerprint density at radius 2 is 1.77 bits per heavy atom. The van der Waals surface area contributed by atoms with E-state index in [1.807, 2.05) is 18.3 Å². The largest absolute Gasteiger partial charge is 0.361 e. The van der Waals surface area contributed by atoms with Gasteiger partial charge in [0.05, 0.1) is 0 Å². The van der Waals surface area contributed by atoms with E-state index in [0.717, 1.165) is 0 Å². The summed E-state index contributed by atoms with van der Waals surface area (Å²) in [5.41, 5.74) is 1.21. The van der Waals surface area contributed by atoms with Crippen molar-refractivity contribution in [2.24, 2.45) is 0 Å². The second-order valence-electron chi connectivity index (χ2n) is 2.29. The molecule has 1 N–H and O–H groups in total. The summed E-state index contributed by atoms with van der Waals surface area (Å²) >= 11 is 8.80. The van der Waals surface area contributed by atoms with Gasteiger partial charge >= 0.3 is 4.70 Å². The van der Waals surface area contributed by atoms with Gasteiger partial charge in [0.2, 0.25) is 0 Å². The molecule has 13 heavy (non-hydrogen) atoms. The highest BCUT2D eigenvalue weighted by molar-refractivity contribution is 6.93. The van der Waals surface area contributed by atoms with E-state index in [0.29, 0.717) is 0 Å². The van der Waals surface area contributed by atoms with Crippen molar-refractivity contribution in [3.05, 3.63) is 36.5 Å². The first kappa shape index (κ1) is 10.1. The number of halogens is 2. The van der Waals surface area contributed by atoms with Crippen LogP contribution in [0.1, 0.15) is 0 Å². The molecule has 68 valence electrons. The molecule has 4 heteroatoms. The summed E-state index contributed by atoms with van der Waals surface area (Å²) in [5, 5.41) is 1.28. The topological polar surface area (TPSA) is 32.9 Å². The average molecular weight is 216 g/mol. The Morgan fingerprint density at radius 3 is 2.38 bits per heavy atom. The lowest BCUT2D eigenvalue weighted by atomic mass is 10.3. The third-order valence-electron chi connectivity index (χ3n) is 1.46. The van der Waals surface area contributed by atoms with Crippen LogP contribution in [0.5, 0.6) is 0 Å². The van der Waals surface area contributed by atoms with Crippen LogP contribution in [0.2, 0.25) is 0 Å². The van der Waals surface area contributed by atoms with Gasteiger partial charge in [0, 0.05) is 11.7 Å². The van der Waals surface area contributed by atoms with E-state index in [4.69, 9.17) is 4.79 Å². The van der Waals surface area contributed by atoms with Gasteiger partial charge in [0.15, 0.2) is 0 Å². The van der Waals surface area contributed by atoms with Crippen molar-refractivity contribution in [3.63, 3.8) is 0 Å². The zero-order valence-corrected chi connectivity index (χ0v) is 8.14. The van der Waals surface area contributed by atoms with Gasteiger partial charge in [-0.1, -0.05) is 18.2 Å². The van der Waals surface area contributed by atoms with Gasteiger partial charge < -0.3 is 4.98 Å². The number of aromatic nitrogens is 1. The molecule has 2 rings (SSSR count). The molecule has 2 nitrogen and oxygen atoms in total. The number of fused-ring (bicyclic) bond motifs is 1. The quantitative estimate of drug-likeness (QED) is 0.668. The Hall–Kier alpha value is -0.990. The standard InChI is InChI=1S/C8H7N.CCl2O/c1-2-4-8-7(3-1)5-6-9-8;2-1(3)4/h1-6,9H;. The lowest BCUT2D eigenvalue weighted by molar-refractivity contribution is 0.275. The number of carbonyl (C=O) groups is 1. The van der Waals surface area contributed by atoms with E-state index in [2.05, 4.69) is 46.4 Å². The summed E-state index contributed by atoms with van der Waals surface area (Å²) in [6, 6.07) is 10.3. The lowest BCUT2D eigenvalue weighted by Crippen LogP contribution is -1.61. The third-order valence-corrected chi connectivity index (χ3v) is 1.46. The molecule has 1 aromatic carbocycles. The monoisotopic (exact) mass is 215 g/mol. The van der Waals surface area contributed by atoms with Crippen LogP contribution in [0.15, 0.2) is 36.5 Å². The van der Waals surface area contributed by atoms with Crippen LogP contribution < -0.4 is 0 Å². The number of H-pyrrole nitrogens is 1. The first-order valence-electron chi connectivity index (χ1n) is 3.57. The predicted molar refractivity (Wildman–Crippen MR) is 55.4 cm³/mol. The Balaban J connectivity index is 0.000000184. The maximum Gasteiger partial charge on any atom is 0.313 e. The first-order valence-corrected chi connectivity index (χ1v) is 4.33. The minimum absolute atomic E-state index is 0.889. The van der Waals surface area contributed by atoms with Gasteiger partial charge in [-0.15, -0.1) is 0 Å².